The van der Waals surface area contributed by atoms with E-state index in [9.17, 15) is 8.42 Å². The molecular weight excluding hydrogens is 274 g/mol. The number of sulfonamides is 1. The molecule has 0 unspecified atom stereocenters. The Balaban J connectivity index is 2.02. The minimum atomic E-state index is -3.39. The molecule has 20 heavy (non-hydrogen) atoms. The zero-order valence-electron chi connectivity index (χ0n) is 11.2. The minimum Gasteiger partial charge on any atom is -0.399 e. The fraction of sp³-hybridized carbons (Fsp3) is 0.214. The molecule has 3 N–H and O–H groups in total. The van der Waals surface area contributed by atoms with E-state index >= 15 is 0 Å². The zero-order valence-corrected chi connectivity index (χ0v) is 12.0. The summed E-state index contributed by atoms with van der Waals surface area (Å²) in [5, 5.41) is 0. The highest BCUT2D eigenvalue weighted by Gasteiger charge is 2.11. The van der Waals surface area contributed by atoms with E-state index in [-0.39, 0.29) is 5.75 Å². The second kappa shape index (κ2) is 5.92. The Morgan fingerprint density at radius 1 is 1.25 bits per heavy atom. The van der Waals surface area contributed by atoms with Crippen molar-refractivity contribution in [2.24, 2.45) is 0 Å². The zero-order chi connectivity index (χ0) is 14.6. The van der Waals surface area contributed by atoms with Gasteiger partial charge in [-0.1, -0.05) is 6.07 Å². The first-order valence-corrected chi connectivity index (χ1v) is 7.88. The molecule has 2 rings (SSSR count). The van der Waals surface area contributed by atoms with Gasteiger partial charge < -0.3 is 5.73 Å². The van der Waals surface area contributed by atoms with Crippen LogP contribution in [-0.4, -0.2) is 19.2 Å². The normalized spacial score (nSPS) is 11.2. The summed E-state index contributed by atoms with van der Waals surface area (Å²) in [5.74, 6) is -0.00651. The molecule has 1 aromatic heterocycles. The highest BCUT2D eigenvalue weighted by molar-refractivity contribution is 7.92. The fourth-order valence-electron chi connectivity index (χ4n) is 1.75. The van der Waals surface area contributed by atoms with Crippen molar-refractivity contribution in [1.82, 2.24) is 4.98 Å². The Morgan fingerprint density at radius 3 is 2.70 bits per heavy atom. The van der Waals surface area contributed by atoms with E-state index in [2.05, 4.69) is 9.71 Å². The van der Waals surface area contributed by atoms with E-state index in [0.717, 1.165) is 11.3 Å². The first-order valence-electron chi connectivity index (χ1n) is 6.23. The van der Waals surface area contributed by atoms with Gasteiger partial charge in [0, 0.05) is 29.7 Å². The number of aryl methyl sites for hydroxylation is 2. The smallest absolute Gasteiger partial charge is 0.233 e. The van der Waals surface area contributed by atoms with Crippen LogP contribution in [0.3, 0.4) is 0 Å². The van der Waals surface area contributed by atoms with E-state index < -0.39 is 10.0 Å². The first-order chi connectivity index (χ1) is 9.46. The first kappa shape index (κ1) is 14.3. The Kier molecular flexibility index (Phi) is 4.24. The third-order valence-electron chi connectivity index (χ3n) is 2.90. The van der Waals surface area contributed by atoms with E-state index in [1.165, 1.54) is 0 Å². The summed E-state index contributed by atoms with van der Waals surface area (Å²) in [5.41, 5.74) is 8.47. The number of aromatic nitrogens is 1. The minimum absolute atomic E-state index is 0.00651. The lowest BCUT2D eigenvalue weighted by Gasteiger charge is -2.09. The van der Waals surface area contributed by atoms with Crippen molar-refractivity contribution in [2.75, 3.05) is 16.2 Å². The topological polar surface area (TPSA) is 85.1 Å². The summed E-state index contributed by atoms with van der Waals surface area (Å²) in [6.07, 6.45) is 2.03. The quantitative estimate of drug-likeness (QED) is 0.825. The number of rotatable bonds is 5. The predicted octanol–water partition coefficient (Wildman–Crippen LogP) is 1.96. The molecule has 1 aromatic carbocycles. The lowest BCUT2D eigenvalue weighted by Crippen LogP contribution is -2.18. The molecule has 0 aliphatic carbocycles. The van der Waals surface area contributed by atoms with Crippen LogP contribution in [0.1, 0.15) is 11.3 Å². The Labute approximate surface area is 118 Å². The number of anilines is 2. The van der Waals surface area contributed by atoms with Crippen LogP contribution in [0.5, 0.6) is 0 Å². The van der Waals surface area contributed by atoms with Crippen molar-refractivity contribution < 1.29 is 8.42 Å². The Morgan fingerprint density at radius 2 is 2.05 bits per heavy atom. The summed E-state index contributed by atoms with van der Waals surface area (Å²) >= 11 is 0. The molecule has 0 aliphatic heterocycles. The van der Waals surface area contributed by atoms with E-state index in [1.54, 1.807) is 30.5 Å². The van der Waals surface area contributed by atoms with Gasteiger partial charge in [0.2, 0.25) is 10.0 Å². The molecule has 0 saturated heterocycles. The van der Waals surface area contributed by atoms with Crippen molar-refractivity contribution >= 4 is 21.4 Å². The molecule has 5 nitrogen and oxygen atoms in total. The number of hydrogen-bond acceptors (Lipinski definition) is 4. The lowest BCUT2D eigenvalue weighted by molar-refractivity contribution is 0.600. The van der Waals surface area contributed by atoms with Crippen molar-refractivity contribution in [3.05, 3.63) is 53.9 Å². The van der Waals surface area contributed by atoms with Gasteiger partial charge in [0.1, 0.15) is 0 Å². The molecule has 0 fully saturated rings. The molecule has 6 heteroatoms. The number of nitrogens with two attached hydrogens (primary N) is 1. The maximum absolute atomic E-state index is 12.0. The number of hydrogen-bond donors (Lipinski definition) is 2. The monoisotopic (exact) mass is 291 g/mol. The summed E-state index contributed by atoms with van der Waals surface area (Å²) in [6, 6.07) is 10.5. The van der Waals surface area contributed by atoms with Crippen LogP contribution >= 0.6 is 0 Å². The van der Waals surface area contributed by atoms with E-state index in [4.69, 9.17) is 5.73 Å². The van der Waals surface area contributed by atoms with Crippen LogP contribution in [0.4, 0.5) is 11.4 Å². The van der Waals surface area contributed by atoms with Gasteiger partial charge in [-0.3, -0.25) is 9.71 Å². The predicted molar refractivity (Wildman–Crippen MR) is 80.9 cm³/mol. The molecule has 0 amide bonds. The average Bonchev–Trinajstić information content (AvgIpc) is 2.42. The Bertz CT molecular complexity index is 685. The number of nitrogen functional groups attached to an aromatic ring is 1. The van der Waals surface area contributed by atoms with Crippen molar-refractivity contribution in [2.45, 2.75) is 13.3 Å². The Hall–Kier alpha value is -2.08. The third kappa shape index (κ3) is 3.96. The fourth-order valence-corrected chi connectivity index (χ4v) is 2.82. The van der Waals surface area contributed by atoms with Crippen LogP contribution in [0, 0.1) is 6.92 Å². The maximum atomic E-state index is 12.0. The molecule has 0 radical (unpaired) electrons. The highest BCUT2D eigenvalue weighted by atomic mass is 32.2. The summed E-state index contributed by atoms with van der Waals surface area (Å²) in [4.78, 5) is 4.11. The molecule has 0 bridgehead atoms. The second-order valence-electron chi connectivity index (χ2n) is 4.56. The number of nitrogens with zero attached hydrogens (tertiary/aromatic N) is 1. The van der Waals surface area contributed by atoms with Crippen LogP contribution in [-0.2, 0) is 16.4 Å². The number of pyridine rings is 1. The number of nitrogens with one attached hydrogen (secondary N) is 1. The molecule has 2 aromatic rings. The van der Waals surface area contributed by atoms with Gasteiger partial charge in [-0.25, -0.2) is 8.42 Å². The van der Waals surface area contributed by atoms with Crippen molar-refractivity contribution in [3.63, 3.8) is 0 Å². The van der Waals surface area contributed by atoms with E-state index in [1.807, 2.05) is 19.1 Å². The number of benzene rings is 1. The molecule has 0 aliphatic rings. The van der Waals surface area contributed by atoms with Crippen LogP contribution in [0.2, 0.25) is 0 Å². The second-order valence-corrected chi connectivity index (χ2v) is 6.41. The van der Waals surface area contributed by atoms with Gasteiger partial charge >= 0.3 is 0 Å². The summed E-state index contributed by atoms with van der Waals surface area (Å²) < 4.78 is 26.5. The maximum Gasteiger partial charge on any atom is 0.233 e. The molecule has 0 saturated carbocycles. The van der Waals surface area contributed by atoms with Gasteiger partial charge in [-0.2, -0.15) is 0 Å². The van der Waals surface area contributed by atoms with Crippen molar-refractivity contribution in [3.8, 4) is 0 Å². The highest BCUT2D eigenvalue weighted by Crippen LogP contribution is 2.17. The molecule has 1 heterocycles. The van der Waals surface area contributed by atoms with Gasteiger partial charge in [-0.15, -0.1) is 0 Å². The van der Waals surface area contributed by atoms with Gasteiger partial charge in [0.25, 0.3) is 0 Å². The van der Waals surface area contributed by atoms with Gasteiger partial charge in [0.05, 0.1) is 5.75 Å². The molecule has 0 atom stereocenters. The van der Waals surface area contributed by atoms with Gasteiger partial charge in [0.15, 0.2) is 0 Å². The van der Waals surface area contributed by atoms with Gasteiger partial charge in [-0.05, 0) is 42.8 Å². The summed E-state index contributed by atoms with van der Waals surface area (Å²) in [7, 11) is -3.39. The summed E-state index contributed by atoms with van der Waals surface area (Å²) in [6.45, 7) is 1.83. The van der Waals surface area contributed by atoms with E-state index in [0.29, 0.717) is 17.8 Å². The van der Waals surface area contributed by atoms with Crippen LogP contribution in [0.25, 0.3) is 0 Å². The molecule has 106 valence electrons. The third-order valence-corrected chi connectivity index (χ3v) is 4.18. The average molecular weight is 291 g/mol. The molecular formula is C14H17N3O2S. The van der Waals surface area contributed by atoms with Crippen LogP contribution < -0.4 is 10.5 Å². The largest absolute Gasteiger partial charge is 0.399 e. The standard InChI is InChI=1S/C14H17N3O2S/c1-11-10-13(5-6-14(11)15)17-20(18,19)9-7-12-4-2-3-8-16-12/h2-6,8,10,17H,7,9,15H2,1H3. The molecule has 0 spiro atoms. The lowest BCUT2D eigenvalue weighted by atomic mass is 10.2. The van der Waals surface area contributed by atoms with Crippen LogP contribution in [0.15, 0.2) is 42.6 Å². The van der Waals surface area contributed by atoms with Crippen molar-refractivity contribution in [1.29, 1.82) is 0 Å². The SMILES string of the molecule is Cc1cc(NS(=O)(=O)CCc2ccccn2)ccc1N.